The predicted molar refractivity (Wildman–Crippen MR) is 131 cm³/mol. The minimum Gasteiger partial charge on any atom is -0.308 e. The van der Waals surface area contributed by atoms with Gasteiger partial charge in [-0.1, -0.05) is 72.8 Å². The van der Waals surface area contributed by atoms with E-state index in [4.69, 9.17) is 0 Å². The molecule has 150 valence electrons. The minimum atomic E-state index is -0.305. The molecule has 0 aliphatic carbocycles. The molecule has 0 atom stereocenters. The Labute approximate surface area is 182 Å². The molecule has 2 heterocycles. The van der Waals surface area contributed by atoms with Crippen molar-refractivity contribution in [3.8, 4) is 11.1 Å². The molecule has 4 nitrogen and oxygen atoms in total. The van der Waals surface area contributed by atoms with Crippen LogP contribution in [0.2, 0.25) is 0 Å². The standard InChI is InChI=1S/C28H16N2O2/c31-30(32)25-14-4-2-7-19(25)17-9-5-10-21-18(17)15-16-26-27(21)23-12-6-11-22-20-8-1-3-13-24(20)29(26)28(22)23/h1-16H. The van der Waals surface area contributed by atoms with E-state index in [-0.39, 0.29) is 10.6 Å². The number of nitrogens with zero attached hydrogens (tertiary/aromatic N) is 2. The third-order valence-electron chi connectivity index (χ3n) is 6.64. The van der Waals surface area contributed by atoms with E-state index in [2.05, 4.69) is 65.1 Å². The molecule has 0 N–H and O–H groups in total. The van der Waals surface area contributed by atoms with Gasteiger partial charge in [0.25, 0.3) is 5.69 Å². The minimum absolute atomic E-state index is 0.125. The van der Waals surface area contributed by atoms with Crippen LogP contribution in [0.5, 0.6) is 0 Å². The molecule has 7 aromatic rings. The summed E-state index contributed by atoms with van der Waals surface area (Å²) in [6.45, 7) is 0. The molecule has 0 aliphatic heterocycles. The van der Waals surface area contributed by atoms with Crippen LogP contribution in [-0.2, 0) is 0 Å². The van der Waals surface area contributed by atoms with E-state index >= 15 is 0 Å². The lowest BCUT2D eigenvalue weighted by Gasteiger charge is -2.09. The van der Waals surface area contributed by atoms with Gasteiger partial charge in [0, 0.05) is 27.6 Å². The molecule has 0 fully saturated rings. The van der Waals surface area contributed by atoms with Crippen molar-refractivity contribution in [1.82, 2.24) is 4.40 Å². The van der Waals surface area contributed by atoms with Gasteiger partial charge in [-0.05, 0) is 34.5 Å². The highest BCUT2D eigenvalue weighted by Gasteiger charge is 2.21. The second-order valence-corrected chi connectivity index (χ2v) is 8.19. The van der Waals surface area contributed by atoms with Crippen molar-refractivity contribution in [2.24, 2.45) is 0 Å². The average molecular weight is 412 g/mol. The van der Waals surface area contributed by atoms with Gasteiger partial charge in [-0.3, -0.25) is 10.1 Å². The van der Waals surface area contributed by atoms with Crippen molar-refractivity contribution in [2.75, 3.05) is 0 Å². The second-order valence-electron chi connectivity index (χ2n) is 8.19. The molecule has 0 aliphatic rings. The van der Waals surface area contributed by atoms with Gasteiger partial charge in [-0.2, -0.15) is 0 Å². The number of para-hydroxylation sites is 3. The lowest BCUT2D eigenvalue weighted by Crippen LogP contribution is -1.92. The van der Waals surface area contributed by atoms with Crippen molar-refractivity contribution in [3.05, 3.63) is 107 Å². The molecule has 0 unspecified atom stereocenters. The lowest BCUT2D eigenvalue weighted by molar-refractivity contribution is -0.384. The molecule has 7 rings (SSSR count). The predicted octanol–water partition coefficient (Wildman–Crippen LogP) is 7.57. The van der Waals surface area contributed by atoms with Crippen molar-refractivity contribution >= 4 is 54.6 Å². The van der Waals surface area contributed by atoms with Crippen LogP contribution >= 0.6 is 0 Å². The third kappa shape index (κ3) is 2.06. The van der Waals surface area contributed by atoms with Crippen LogP contribution in [0.1, 0.15) is 0 Å². The maximum atomic E-state index is 11.7. The molecular formula is C28H16N2O2. The topological polar surface area (TPSA) is 47.5 Å². The number of benzene rings is 5. The van der Waals surface area contributed by atoms with Gasteiger partial charge in [0.1, 0.15) is 0 Å². The fourth-order valence-corrected chi connectivity index (χ4v) is 5.38. The zero-order valence-electron chi connectivity index (χ0n) is 16.9. The van der Waals surface area contributed by atoms with Gasteiger partial charge in [-0.25, -0.2) is 0 Å². The monoisotopic (exact) mass is 412 g/mol. The van der Waals surface area contributed by atoms with Crippen LogP contribution in [0.25, 0.3) is 60.0 Å². The summed E-state index contributed by atoms with van der Waals surface area (Å²) in [6, 6.07) is 32.3. The van der Waals surface area contributed by atoms with Gasteiger partial charge in [0.15, 0.2) is 0 Å². The zero-order chi connectivity index (χ0) is 21.4. The maximum absolute atomic E-state index is 11.7. The highest BCUT2D eigenvalue weighted by molar-refractivity contribution is 6.29. The van der Waals surface area contributed by atoms with Crippen LogP contribution < -0.4 is 0 Å². The van der Waals surface area contributed by atoms with Gasteiger partial charge in [0.05, 0.1) is 27.0 Å². The van der Waals surface area contributed by atoms with Crippen molar-refractivity contribution < 1.29 is 4.92 Å². The Hall–Kier alpha value is -4.44. The highest BCUT2D eigenvalue weighted by Crippen LogP contribution is 2.43. The van der Waals surface area contributed by atoms with E-state index in [1.165, 1.54) is 32.6 Å². The maximum Gasteiger partial charge on any atom is 0.277 e. The number of fused-ring (bicyclic) bond motifs is 8. The molecule has 5 aromatic carbocycles. The smallest absolute Gasteiger partial charge is 0.277 e. The van der Waals surface area contributed by atoms with Gasteiger partial charge in [0.2, 0.25) is 0 Å². The van der Waals surface area contributed by atoms with E-state index in [1.54, 1.807) is 12.1 Å². The average Bonchev–Trinajstić information content (AvgIpc) is 3.36. The van der Waals surface area contributed by atoms with Crippen molar-refractivity contribution in [3.63, 3.8) is 0 Å². The Morgan fingerprint density at radius 3 is 2.16 bits per heavy atom. The summed E-state index contributed by atoms with van der Waals surface area (Å²) in [4.78, 5) is 11.4. The van der Waals surface area contributed by atoms with Crippen LogP contribution in [0.4, 0.5) is 5.69 Å². The number of hydrogen-bond donors (Lipinski definition) is 0. The number of nitro groups is 1. The SMILES string of the molecule is O=[N+]([O-])c1ccccc1-c1cccc2c1ccc1c2c2cccc3c4ccccc4n1c32. The van der Waals surface area contributed by atoms with E-state index in [0.717, 1.165) is 21.9 Å². The first kappa shape index (κ1) is 17.3. The van der Waals surface area contributed by atoms with Gasteiger partial charge >= 0.3 is 0 Å². The largest absolute Gasteiger partial charge is 0.308 e. The molecule has 32 heavy (non-hydrogen) atoms. The third-order valence-corrected chi connectivity index (χ3v) is 6.64. The Morgan fingerprint density at radius 2 is 1.25 bits per heavy atom. The Morgan fingerprint density at radius 1 is 0.562 bits per heavy atom. The number of rotatable bonds is 2. The first-order valence-corrected chi connectivity index (χ1v) is 10.6. The van der Waals surface area contributed by atoms with Gasteiger partial charge in [-0.15, -0.1) is 0 Å². The fraction of sp³-hybridized carbons (Fsp3) is 0. The van der Waals surface area contributed by atoms with Crippen molar-refractivity contribution in [2.45, 2.75) is 0 Å². The summed E-state index contributed by atoms with van der Waals surface area (Å²) < 4.78 is 2.35. The molecule has 0 amide bonds. The Bertz CT molecular complexity index is 1860. The normalized spacial score (nSPS) is 12.0. The van der Waals surface area contributed by atoms with E-state index in [0.29, 0.717) is 5.56 Å². The number of aromatic nitrogens is 1. The lowest BCUT2D eigenvalue weighted by atomic mass is 9.94. The van der Waals surface area contributed by atoms with E-state index in [1.807, 2.05) is 24.3 Å². The molecule has 0 spiro atoms. The quantitative estimate of drug-likeness (QED) is 0.217. The van der Waals surface area contributed by atoms with Gasteiger partial charge < -0.3 is 4.40 Å². The summed E-state index contributed by atoms with van der Waals surface area (Å²) in [5.41, 5.74) is 5.23. The highest BCUT2D eigenvalue weighted by atomic mass is 16.6. The van der Waals surface area contributed by atoms with E-state index in [9.17, 15) is 10.1 Å². The summed E-state index contributed by atoms with van der Waals surface area (Å²) in [5.74, 6) is 0. The summed E-state index contributed by atoms with van der Waals surface area (Å²) in [6.07, 6.45) is 0. The Kier molecular flexibility index (Phi) is 3.26. The summed E-state index contributed by atoms with van der Waals surface area (Å²) >= 11 is 0. The van der Waals surface area contributed by atoms with Crippen LogP contribution in [0, 0.1) is 10.1 Å². The summed E-state index contributed by atoms with van der Waals surface area (Å²) in [7, 11) is 0. The zero-order valence-corrected chi connectivity index (χ0v) is 16.9. The molecule has 0 radical (unpaired) electrons. The first-order chi connectivity index (χ1) is 15.7. The first-order valence-electron chi connectivity index (χ1n) is 10.6. The number of nitro benzene ring substituents is 1. The van der Waals surface area contributed by atoms with Crippen LogP contribution in [0.15, 0.2) is 97.1 Å². The van der Waals surface area contributed by atoms with Crippen LogP contribution in [-0.4, -0.2) is 9.32 Å². The second kappa shape index (κ2) is 6.05. The molecule has 0 bridgehead atoms. The fourth-order valence-electron chi connectivity index (χ4n) is 5.38. The molecule has 2 aromatic heterocycles. The number of hydrogen-bond acceptors (Lipinski definition) is 2. The summed E-state index contributed by atoms with van der Waals surface area (Å²) in [5, 5.41) is 18.7. The van der Waals surface area contributed by atoms with Crippen molar-refractivity contribution in [1.29, 1.82) is 0 Å². The molecule has 4 heteroatoms. The van der Waals surface area contributed by atoms with Crippen LogP contribution in [0.3, 0.4) is 0 Å². The Balaban J connectivity index is 1.68. The molecular weight excluding hydrogens is 396 g/mol. The molecule has 0 saturated carbocycles. The molecule has 0 saturated heterocycles. The van der Waals surface area contributed by atoms with E-state index < -0.39 is 0 Å².